The number of allylic oxidation sites excluding steroid dienone is 1. The van der Waals surface area contributed by atoms with Crippen LogP contribution in [0.15, 0.2) is 23.3 Å². The van der Waals surface area contributed by atoms with E-state index >= 15 is 0 Å². The molecule has 0 aromatic heterocycles. The molecule has 210 valence electrons. The molecule has 0 aliphatic heterocycles. The minimum absolute atomic E-state index is 0.125. The summed E-state index contributed by atoms with van der Waals surface area (Å²) in [7, 11) is 0. The van der Waals surface area contributed by atoms with Crippen molar-refractivity contribution in [3.8, 4) is 0 Å². The molecule has 2 fully saturated rings. The molecule has 2 N–H and O–H groups in total. The average molecular weight is 517 g/mol. The zero-order valence-electron chi connectivity index (χ0n) is 24.5. The van der Waals surface area contributed by atoms with Crippen molar-refractivity contribution in [3.05, 3.63) is 23.3 Å². The Hall–Kier alpha value is -1.46. The maximum absolute atomic E-state index is 12.7. The summed E-state index contributed by atoms with van der Waals surface area (Å²) >= 11 is 0. The van der Waals surface area contributed by atoms with Crippen molar-refractivity contribution in [2.75, 3.05) is 0 Å². The smallest absolute Gasteiger partial charge is 0.303 e. The molecule has 0 heterocycles. The highest BCUT2D eigenvalue weighted by Crippen LogP contribution is 2.65. The topological polar surface area (TPSA) is 83.8 Å². The van der Waals surface area contributed by atoms with Crippen LogP contribution in [0.25, 0.3) is 0 Å². The highest BCUT2D eigenvalue weighted by molar-refractivity contribution is 5.66. The second kappa shape index (κ2) is 11.3. The summed E-state index contributed by atoms with van der Waals surface area (Å²) in [6, 6.07) is 0. The van der Waals surface area contributed by atoms with Crippen LogP contribution in [0.1, 0.15) is 107 Å². The van der Waals surface area contributed by atoms with Gasteiger partial charge in [-0.15, -0.1) is 0 Å². The summed E-state index contributed by atoms with van der Waals surface area (Å²) in [5.41, 5.74) is 1.39. The molecule has 37 heavy (non-hydrogen) atoms. The highest BCUT2D eigenvalue weighted by atomic mass is 16.5. The van der Waals surface area contributed by atoms with Crippen LogP contribution in [0.2, 0.25) is 0 Å². The number of fused-ring (bicyclic) bond motifs is 2. The predicted octanol–water partition coefficient (Wildman–Crippen LogP) is 6.42. The second-order valence-electron chi connectivity index (χ2n) is 13.8. The third kappa shape index (κ3) is 5.78. The number of aliphatic hydroxyl groups is 2. The Morgan fingerprint density at radius 2 is 1.73 bits per heavy atom. The number of aliphatic hydroxyl groups excluding tert-OH is 2. The number of carbonyl (C=O) groups is 2. The van der Waals surface area contributed by atoms with Gasteiger partial charge in [0.05, 0.1) is 18.1 Å². The van der Waals surface area contributed by atoms with Gasteiger partial charge in [-0.25, -0.2) is 0 Å². The molecular formula is C32H52O5. The molecule has 0 aromatic carbocycles. The van der Waals surface area contributed by atoms with E-state index < -0.39 is 23.5 Å². The van der Waals surface area contributed by atoms with Crippen LogP contribution in [0.3, 0.4) is 0 Å². The van der Waals surface area contributed by atoms with E-state index in [2.05, 4.69) is 34.6 Å². The van der Waals surface area contributed by atoms with Crippen molar-refractivity contribution in [3.63, 3.8) is 0 Å². The van der Waals surface area contributed by atoms with Crippen molar-refractivity contribution in [1.29, 1.82) is 0 Å². The van der Waals surface area contributed by atoms with Crippen molar-refractivity contribution < 1.29 is 24.5 Å². The lowest BCUT2D eigenvalue weighted by Crippen LogP contribution is -2.49. The van der Waals surface area contributed by atoms with Crippen LogP contribution < -0.4 is 0 Å². The first-order valence-electron chi connectivity index (χ1n) is 14.5. The van der Waals surface area contributed by atoms with Crippen LogP contribution in [-0.4, -0.2) is 40.8 Å². The third-order valence-corrected chi connectivity index (χ3v) is 10.9. The predicted molar refractivity (Wildman–Crippen MR) is 148 cm³/mol. The molecule has 2 saturated carbocycles. The lowest BCUT2D eigenvalue weighted by molar-refractivity contribution is -0.145. The third-order valence-electron chi connectivity index (χ3n) is 10.9. The Morgan fingerprint density at radius 1 is 1.05 bits per heavy atom. The summed E-state index contributed by atoms with van der Waals surface area (Å²) in [5, 5.41) is 22.4. The number of hydrogen-bond acceptors (Lipinski definition) is 5. The van der Waals surface area contributed by atoms with Gasteiger partial charge in [0.1, 0.15) is 12.4 Å². The fourth-order valence-electron chi connectivity index (χ4n) is 8.54. The quantitative estimate of drug-likeness (QED) is 0.242. The molecule has 5 nitrogen and oxygen atoms in total. The zero-order valence-corrected chi connectivity index (χ0v) is 24.5. The maximum Gasteiger partial charge on any atom is 0.303 e. The Balaban J connectivity index is 1.97. The lowest BCUT2D eigenvalue weighted by Gasteiger charge is -2.52. The number of hydrogen-bond donors (Lipinski definition) is 2. The van der Waals surface area contributed by atoms with Crippen LogP contribution in [0.4, 0.5) is 0 Å². The van der Waals surface area contributed by atoms with Crippen molar-refractivity contribution >= 4 is 12.3 Å². The molecule has 2 unspecified atom stereocenters. The molecule has 3 aliphatic rings. The minimum Gasteiger partial charge on any atom is -0.458 e. The first kappa shape index (κ1) is 30.1. The van der Waals surface area contributed by atoms with Gasteiger partial charge >= 0.3 is 5.97 Å². The Morgan fingerprint density at radius 3 is 2.32 bits per heavy atom. The number of rotatable bonds is 6. The van der Waals surface area contributed by atoms with Gasteiger partial charge in [-0.3, -0.25) is 4.79 Å². The van der Waals surface area contributed by atoms with Crippen molar-refractivity contribution in [2.45, 2.75) is 125 Å². The molecule has 3 aliphatic carbocycles. The zero-order chi connectivity index (χ0) is 27.8. The van der Waals surface area contributed by atoms with Gasteiger partial charge < -0.3 is 19.7 Å². The van der Waals surface area contributed by atoms with Crippen LogP contribution in [0.5, 0.6) is 0 Å². The molecule has 0 saturated heterocycles. The fraction of sp³-hybridized carbons (Fsp3) is 0.812. The molecule has 0 bridgehead atoms. The normalized spacial score (nSPS) is 40.7. The fourth-order valence-corrected chi connectivity index (χ4v) is 8.54. The summed E-state index contributed by atoms with van der Waals surface area (Å²) < 4.78 is 5.67. The average Bonchev–Trinajstić information content (AvgIpc) is 3.03. The molecule has 3 rings (SSSR count). The van der Waals surface area contributed by atoms with Crippen LogP contribution >= 0.6 is 0 Å². The number of carbonyl (C=O) groups excluding carboxylic acids is 2. The Kier molecular flexibility index (Phi) is 9.22. The Bertz CT molecular complexity index is 899. The van der Waals surface area contributed by atoms with E-state index in [0.29, 0.717) is 17.8 Å². The summed E-state index contributed by atoms with van der Waals surface area (Å²) in [4.78, 5) is 24.5. The minimum atomic E-state index is -0.865. The lowest BCUT2D eigenvalue weighted by atomic mass is 9.53. The van der Waals surface area contributed by atoms with Gasteiger partial charge in [0.15, 0.2) is 0 Å². The SMILES string of the molecule is CC(=O)O[C@@H](C=C(C)C)CC(C)C1CC[C@@]2(C)[C@@H](C=O)[C@@H](O)/C=C3\[C@H](CCC[C@]12C)CC[C@H](O)C3(C)C. The Labute approximate surface area is 225 Å². The van der Waals surface area contributed by atoms with Gasteiger partial charge in [-0.1, -0.05) is 58.3 Å². The summed E-state index contributed by atoms with van der Waals surface area (Å²) in [5.74, 6) is 0.231. The van der Waals surface area contributed by atoms with Gasteiger partial charge in [0.25, 0.3) is 0 Å². The summed E-state index contributed by atoms with van der Waals surface area (Å²) in [6.07, 6.45) is 10.9. The monoisotopic (exact) mass is 516 g/mol. The maximum atomic E-state index is 12.7. The number of aldehydes is 1. The molecular weight excluding hydrogens is 464 g/mol. The van der Waals surface area contributed by atoms with E-state index in [9.17, 15) is 19.8 Å². The largest absolute Gasteiger partial charge is 0.458 e. The highest BCUT2D eigenvalue weighted by Gasteiger charge is 2.60. The molecule has 0 aromatic rings. The van der Waals surface area contributed by atoms with Crippen molar-refractivity contribution in [1.82, 2.24) is 0 Å². The van der Waals surface area contributed by atoms with Gasteiger partial charge in [-0.05, 0) is 93.5 Å². The molecule has 9 atom stereocenters. The van der Waals surface area contributed by atoms with E-state index in [0.717, 1.165) is 68.8 Å². The van der Waals surface area contributed by atoms with E-state index in [1.807, 2.05) is 26.0 Å². The first-order chi connectivity index (χ1) is 17.2. The standard InChI is InChI=1S/C32H52O5/c1-20(2)16-24(37-22(4)34)17-21(3)25-13-15-32(8)27(19-33)28(35)18-26-23(10-9-14-31(25,32)7)11-12-29(36)30(26,5)6/h16,18-19,21,23-25,27-29,35-36H,9-15,17H2,1-8H3/b26-18+/t21?,23-,24+,25?,27+,28+,29+,31-,32+/m1/s1. The first-order valence-corrected chi connectivity index (χ1v) is 14.5. The van der Waals surface area contributed by atoms with E-state index in [4.69, 9.17) is 4.74 Å². The van der Waals surface area contributed by atoms with E-state index in [-0.39, 0.29) is 22.9 Å². The van der Waals surface area contributed by atoms with E-state index in [1.165, 1.54) is 6.92 Å². The molecule has 0 radical (unpaired) electrons. The molecule has 0 amide bonds. The van der Waals surface area contributed by atoms with Crippen LogP contribution in [0, 0.1) is 39.9 Å². The van der Waals surface area contributed by atoms with Crippen molar-refractivity contribution in [2.24, 2.45) is 39.9 Å². The van der Waals surface area contributed by atoms with Crippen LogP contribution in [-0.2, 0) is 14.3 Å². The van der Waals surface area contributed by atoms with E-state index in [1.54, 1.807) is 0 Å². The number of esters is 1. The van der Waals surface area contributed by atoms with Gasteiger partial charge in [0.2, 0.25) is 0 Å². The van der Waals surface area contributed by atoms with Gasteiger partial charge in [0, 0.05) is 12.3 Å². The molecule has 5 heteroatoms. The second-order valence-corrected chi connectivity index (χ2v) is 13.8. The number of ether oxygens (including phenoxy) is 1. The molecule has 0 spiro atoms. The summed E-state index contributed by atoms with van der Waals surface area (Å²) in [6.45, 7) is 16.5. The van der Waals surface area contributed by atoms with Gasteiger partial charge in [-0.2, -0.15) is 0 Å².